The second-order valence-electron chi connectivity index (χ2n) is 12.8. The predicted octanol–water partition coefficient (Wildman–Crippen LogP) is 9.17. The Labute approximate surface area is 314 Å². The average molecular weight is 719 g/mol. The molecule has 0 saturated heterocycles. The van der Waals surface area contributed by atoms with Crippen LogP contribution >= 0.6 is 0 Å². The van der Waals surface area contributed by atoms with E-state index in [9.17, 15) is 9.90 Å². The molecule has 1 aromatic heterocycles. The molecule has 0 unspecified atom stereocenters. The SMILES string of the molecule is COc1cc(OC)cc(C2=CC(=CC3=C([O-])C(=Cc4cc(-c5cc(OC)cc(OC)c5)[o+]c(-c5ccccc5C)c4)C3=O)C=C(c3ccccc3C)O2)c1. The van der Waals surface area contributed by atoms with Gasteiger partial charge in [0.25, 0.3) is 0 Å². The lowest BCUT2D eigenvalue weighted by atomic mass is 9.85. The summed E-state index contributed by atoms with van der Waals surface area (Å²) in [5.41, 5.74) is 6.59. The molecule has 0 spiro atoms. The smallest absolute Gasteiger partial charge is 0.361 e. The number of allylic oxidation sites excluding steroid dienone is 6. The number of ketones is 1. The highest BCUT2D eigenvalue weighted by molar-refractivity contribution is 6.23. The molecule has 7 rings (SSSR count). The first kappa shape index (κ1) is 35.6. The van der Waals surface area contributed by atoms with Crippen LogP contribution in [0.15, 0.2) is 142 Å². The van der Waals surface area contributed by atoms with Crippen molar-refractivity contribution in [3.63, 3.8) is 0 Å². The number of benzene rings is 4. The van der Waals surface area contributed by atoms with Crippen LogP contribution in [0.25, 0.3) is 40.2 Å². The van der Waals surface area contributed by atoms with Crippen LogP contribution < -0.4 is 24.1 Å². The first-order valence-electron chi connectivity index (χ1n) is 17.3. The van der Waals surface area contributed by atoms with Gasteiger partial charge in [-0.3, -0.25) is 4.79 Å². The first-order chi connectivity index (χ1) is 26.2. The molecular formula is C46H38O8. The van der Waals surface area contributed by atoms with E-state index in [2.05, 4.69) is 0 Å². The maximum Gasteiger partial charge on any atom is 0.361 e. The van der Waals surface area contributed by atoms with Crippen molar-refractivity contribution in [1.29, 1.82) is 0 Å². The standard InChI is InChI=1S/C46H38O8/c1-27-11-7-9-13-37(27)43-19-29(17-41(53-43)31-21-33(49-3)25-34(22-31)50-4)15-39-45(47)40(46(39)48)16-30-18-42(32-23-35(51-5)26-36(24-32)52-6)54-44(20-30)38-14-10-8-12-28(38)2/h7-26H,1-6H3. The van der Waals surface area contributed by atoms with Gasteiger partial charge in [0.15, 0.2) is 5.78 Å². The van der Waals surface area contributed by atoms with E-state index in [1.807, 2.05) is 98.8 Å². The minimum Gasteiger partial charge on any atom is -0.871 e. The van der Waals surface area contributed by atoms with Gasteiger partial charge in [0, 0.05) is 34.4 Å². The van der Waals surface area contributed by atoms with Crippen LogP contribution in [0.3, 0.4) is 0 Å². The molecule has 2 heterocycles. The van der Waals surface area contributed by atoms with Crippen molar-refractivity contribution in [2.75, 3.05) is 28.4 Å². The molecule has 0 fully saturated rings. The highest BCUT2D eigenvalue weighted by Crippen LogP contribution is 2.39. The Balaban J connectivity index is 1.32. The van der Waals surface area contributed by atoms with E-state index in [4.69, 9.17) is 28.1 Å². The summed E-state index contributed by atoms with van der Waals surface area (Å²) in [4.78, 5) is 13.8. The van der Waals surface area contributed by atoms with E-state index in [-0.39, 0.29) is 22.7 Å². The van der Waals surface area contributed by atoms with E-state index >= 15 is 0 Å². The second kappa shape index (κ2) is 15.0. The summed E-state index contributed by atoms with van der Waals surface area (Å²) in [5.74, 6) is 3.82. The molecule has 8 heteroatoms. The quantitative estimate of drug-likeness (QED) is 0.104. The fourth-order valence-corrected chi connectivity index (χ4v) is 6.39. The zero-order valence-electron chi connectivity index (χ0n) is 30.8. The Bertz CT molecular complexity index is 2420. The van der Waals surface area contributed by atoms with Crippen LogP contribution in [0.2, 0.25) is 0 Å². The van der Waals surface area contributed by atoms with Crippen molar-refractivity contribution in [2.24, 2.45) is 0 Å². The lowest BCUT2D eigenvalue weighted by molar-refractivity contribution is -0.300. The molecule has 0 radical (unpaired) electrons. The Kier molecular flexibility index (Phi) is 9.92. The zero-order valence-corrected chi connectivity index (χ0v) is 30.8. The van der Waals surface area contributed by atoms with Crippen molar-refractivity contribution >= 4 is 23.4 Å². The van der Waals surface area contributed by atoms with E-state index in [1.54, 1.807) is 64.9 Å². The molecule has 0 atom stereocenters. The average Bonchev–Trinajstić information content (AvgIpc) is 3.21. The second-order valence-corrected chi connectivity index (χ2v) is 12.8. The van der Waals surface area contributed by atoms with Crippen LogP contribution in [0.5, 0.6) is 23.0 Å². The lowest BCUT2D eigenvalue weighted by Gasteiger charge is -2.29. The molecule has 1 aliphatic heterocycles. The van der Waals surface area contributed by atoms with E-state index in [0.29, 0.717) is 68.3 Å². The van der Waals surface area contributed by atoms with Crippen LogP contribution in [0, 0.1) is 13.8 Å². The van der Waals surface area contributed by atoms with Gasteiger partial charge >= 0.3 is 11.5 Å². The van der Waals surface area contributed by atoms with Gasteiger partial charge in [-0.15, -0.1) is 0 Å². The molecule has 5 aromatic rings. The topological polar surface area (TPSA) is 97.6 Å². The number of carbonyl (C=O) groups is 1. The van der Waals surface area contributed by atoms with Crippen LogP contribution in [-0.2, 0) is 9.53 Å². The number of hydrogen-bond donors (Lipinski definition) is 0. The predicted molar refractivity (Wildman–Crippen MR) is 208 cm³/mol. The Morgan fingerprint density at radius 1 is 0.611 bits per heavy atom. The van der Waals surface area contributed by atoms with Gasteiger partial charge < -0.3 is 28.8 Å². The maximum atomic E-state index is 13.8. The third-order valence-corrected chi connectivity index (χ3v) is 9.32. The van der Waals surface area contributed by atoms with Crippen molar-refractivity contribution < 1.29 is 38.0 Å². The number of aryl methyl sites for hydroxylation is 2. The fraction of sp³-hybridized carbons (Fsp3) is 0.130. The van der Waals surface area contributed by atoms with Gasteiger partial charge in [-0.1, -0.05) is 48.2 Å². The Hall–Kier alpha value is -6.80. The first-order valence-corrected chi connectivity index (χ1v) is 17.3. The minimum absolute atomic E-state index is 0.0786. The molecular weight excluding hydrogens is 680 g/mol. The van der Waals surface area contributed by atoms with Gasteiger partial charge in [-0.05, 0) is 90.7 Å². The molecule has 270 valence electrons. The number of methoxy groups -OCH3 is 4. The third-order valence-electron chi connectivity index (χ3n) is 9.32. The molecule has 8 nitrogen and oxygen atoms in total. The summed E-state index contributed by atoms with van der Waals surface area (Å²) < 4.78 is 34.9. The van der Waals surface area contributed by atoms with Crippen molar-refractivity contribution in [3.8, 4) is 45.6 Å². The lowest BCUT2D eigenvalue weighted by Crippen LogP contribution is -2.29. The molecule has 0 N–H and O–H groups in total. The molecule has 1 aliphatic carbocycles. The Morgan fingerprint density at radius 2 is 1.13 bits per heavy atom. The molecule has 0 amide bonds. The monoisotopic (exact) mass is 718 g/mol. The number of ether oxygens (including phenoxy) is 5. The molecule has 4 aromatic carbocycles. The van der Waals surface area contributed by atoms with Crippen molar-refractivity contribution in [2.45, 2.75) is 13.8 Å². The van der Waals surface area contributed by atoms with Crippen molar-refractivity contribution in [3.05, 3.63) is 166 Å². The fourth-order valence-electron chi connectivity index (χ4n) is 6.39. The summed E-state index contributed by atoms with van der Waals surface area (Å²) in [6.45, 7) is 4.00. The number of Topliss-reactive ketones (excluding diaryl/α,β-unsaturated/α-hetero) is 1. The summed E-state index contributed by atoms with van der Waals surface area (Å²) >= 11 is 0. The summed E-state index contributed by atoms with van der Waals surface area (Å²) in [6.07, 6.45) is 6.87. The summed E-state index contributed by atoms with van der Waals surface area (Å²) in [7, 11) is 6.33. The summed E-state index contributed by atoms with van der Waals surface area (Å²) in [6, 6.07) is 30.3. The normalized spacial score (nSPS) is 15.3. The number of carbonyl (C=O) groups excluding carboxylic acids is 1. The van der Waals surface area contributed by atoms with Crippen molar-refractivity contribution in [1.82, 2.24) is 0 Å². The van der Waals surface area contributed by atoms with Gasteiger partial charge in [-0.25, -0.2) is 4.42 Å². The number of hydrogen-bond acceptors (Lipinski definition) is 7. The highest BCUT2D eigenvalue weighted by atomic mass is 16.5. The molecule has 54 heavy (non-hydrogen) atoms. The minimum atomic E-state index is -0.356. The van der Waals surface area contributed by atoms with Crippen LogP contribution in [0.1, 0.15) is 27.8 Å². The van der Waals surface area contributed by atoms with Gasteiger partial charge in [0.1, 0.15) is 34.5 Å². The third kappa shape index (κ3) is 7.14. The van der Waals surface area contributed by atoms with Crippen LogP contribution in [-0.4, -0.2) is 34.2 Å². The maximum absolute atomic E-state index is 13.8. The molecule has 0 bridgehead atoms. The van der Waals surface area contributed by atoms with E-state index in [1.165, 1.54) is 0 Å². The zero-order chi connectivity index (χ0) is 37.9. The highest BCUT2D eigenvalue weighted by Gasteiger charge is 2.28. The van der Waals surface area contributed by atoms with Crippen LogP contribution in [0.4, 0.5) is 0 Å². The Morgan fingerprint density at radius 3 is 1.69 bits per heavy atom. The van der Waals surface area contributed by atoms with E-state index < -0.39 is 0 Å². The summed E-state index contributed by atoms with van der Waals surface area (Å²) in [5, 5.41) is 13.8. The van der Waals surface area contributed by atoms with Gasteiger partial charge in [0.05, 0.1) is 51.7 Å². The van der Waals surface area contributed by atoms with Gasteiger partial charge in [-0.2, -0.15) is 0 Å². The van der Waals surface area contributed by atoms with Gasteiger partial charge in [0.2, 0.25) is 0 Å². The largest absolute Gasteiger partial charge is 0.871 e. The molecule has 2 aliphatic rings. The molecule has 0 saturated carbocycles. The van der Waals surface area contributed by atoms with E-state index in [0.717, 1.165) is 22.3 Å². The number of rotatable bonds is 10.